The molecule has 1 aromatic rings. The van der Waals surface area contributed by atoms with Crippen molar-refractivity contribution in [2.24, 2.45) is 5.41 Å². The van der Waals surface area contributed by atoms with Gasteiger partial charge in [0.25, 0.3) is 5.91 Å². The average Bonchev–Trinajstić information content (AvgIpc) is 3.28. The van der Waals surface area contributed by atoms with Crippen molar-refractivity contribution in [1.29, 1.82) is 0 Å². The van der Waals surface area contributed by atoms with Gasteiger partial charge in [-0.1, -0.05) is 6.92 Å². The number of benzene rings is 1. The molecule has 6 heteroatoms. The van der Waals surface area contributed by atoms with Gasteiger partial charge in [0, 0.05) is 16.7 Å². The minimum absolute atomic E-state index is 0.0201. The molecule has 1 aliphatic rings. The maximum Gasteiger partial charge on any atom is 0.325 e. The molecule has 1 aromatic carbocycles. The van der Waals surface area contributed by atoms with Crippen molar-refractivity contribution in [1.82, 2.24) is 5.32 Å². The fraction of sp³-hybridized carbons (Fsp3) is 0.438. The highest BCUT2D eigenvalue weighted by Crippen LogP contribution is 2.49. The van der Waals surface area contributed by atoms with Crippen LogP contribution in [0.2, 0.25) is 0 Å². The molecule has 0 aliphatic heterocycles. The molecule has 2 amide bonds. The van der Waals surface area contributed by atoms with Gasteiger partial charge in [-0.05, 0) is 50.5 Å². The number of rotatable bonds is 6. The lowest BCUT2D eigenvalue weighted by Crippen LogP contribution is -2.38. The average molecular weight is 304 g/mol. The van der Waals surface area contributed by atoms with E-state index in [0.29, 0.717) is 11.3 Å². The van der Waals surface area contributed by atoms with Crippen molar-refractivity contribution in [2.75, 3.05) is 5.32 Å². The van der Waals surface area contributed by atoms with Gasteiger partial charge in [-0.15, -0.1) is 0 Å². The summed E-state index contributed by atoms with van der Waals surface area (Å²) in [6, 6.07) is 5.45. The summed E-state index contributed by atoms with van der Waals surface area (Å²) in [5, 5.41) is 14.0. The number of amides is 2. The molecule has 1 fully saturated rings. The first-order chi connectivity index (χ1) is 10.4. The number of aliphatic carboxylic acids is 1. The van der Waals surface area contributed by atoms with Crippen LogP contribution in [0.25, 0.3) is 0 Å². The lowest BCUT2D eigenvalue weighted by Gasteiger charge is -2.13. The van der Waals surface area contributed by atoms with Gasteiger partial charge in [-0.25, -0.2) is 0 Å². The molecular formula is C16H20N2O4. The second-order valence-electron chi connectivity index (χ2n) is 5.70. The van der Waals surface area contributed by atoms with E-state index in [1.807, 2.05) is 6.92 Å². The third kappa shape index (κ3) is 3.44. The number of carbonyl (C=O) groups is 3. The van der Waals surface area contributed by atoms with Crippen molar-refractivity contribution < 1.29 is 19.5 Å². The minimum atomic E-state index is -1.09. The first-order valence-electron chi connectivity index (χ1n) is 7.33. The fourth-order valence-electron chi connectivity index (χ4n) is 2.20. The predicted octanol–water partition coefficient (Wildman–Crippen LogP) is 2.02. The lowest BCUT2D eigenvalue weighted by atomic mass is 10.0. The Kier molecular flexibility index (Phi) is 4.49. The van der Waals surface area contributed by atoms with E-state index >= 15 is 0 Å². The normalized spacial score (nSPS) is 16.5. The van der Waals surface area contributed by atoms with E-state index in [9.17, 15) is 14.4 Å². The van der Waals surface area contributed by atoms with Gasteiger partial charge in [-0.2, -0.15) is 0 Å². The second kappa shape index (κ2) is 6.17. The van der Waals surface area contributed by atoms with Crippen molar-refractivity contribution >= 4 is 23.5 Å². The summed E-state index contributed by atoms with van der Waals surface area (Å²) in [4.78, 5) is 34.7. The summed E-state index contributed by atoms with van der Waals surface area (Å²) >= 11 is 0. The van der Waals surface area contributed by atoms with Crippen LogP contribution in [0.15, 0.2) is 24.3 Å². The summed E-state index contributed by atoms with van der Waals surface area (Å²) in [6.07, 6.45) is 2.66. The molecule has 0 aromatic heterocycles. The molecule has 0 heterocycles. The Labute approximate surface area is 128 Å². The molecule has 22 heavy (non-hydrogen) atoms. The largest absolute Gasteiger partial charge is 0.480 e. The lowest BCUT2D eigenvalue weighted by molar-refractivity contribution is -0.138. The van der Waals surface area contributed by atoms with Gasteiger partial charge in [0.05, 0.1) is 0 Å². The first kappa shape index (κ1) is 16.0. The fourth-order valence-corrected chi connectivity index (χ4v) is 2.20. The quantitative estimate of drug-likeness (QED) is 0.749. The number of carboxylic acids is 1. The van der Waals surface area contributed by atoms with Crippen molar-refractivity contribution in [3.05, 3.63) is 29.8 Å². The monoisotopic (exact) mass is 304 g/mol. The molecule has 118 valence electrons. The van der Waals surface area contributed by atoms with E-state index in [1.165, 1.54) is 6.92 Å². The third-order valence-corrected chi connectivity index (χ3v) is 4.13. The van der Waals surface area contributed by atoms with Gasteiger partial charge in [0.1, 0.15) is 6.04 Å². The molecule has 0 radical (unpaired) electrons. The summed E-state index contributed by atoms with van der Waals surface area (Å²) < 4.78 is 0. The number of hydrogen-bond donors (Lipinski definition) is 3. The number of carboxylic acid groups (broad SMARTS) is 1. The Balaban J connectivity index is 1.97. The van der Waals surface area contributed by atoms with E-state index in [1.54, 1.807) is 24.3 Å². The molecular weight excluding hydrogens is 284 g/mol. The van der Waals surface area contributed by atoms with Crippen LogP contribution in [0.3, 0.4) is 0 Å². The van der Waals surface area contributed by atoms with Crippen molar-refractivity contribution in [3.8, 4) is 0 Å². The number of hydrogen-bond acceptors (Lipinski definition) is 3. The first-order valence-corrected chi connectivity index (χ1v) is 7.33. The van der Waals surface area contributed by atoms with Gasteiger partial charge >= 0.3 is 5.97 Å². The Hall–Kier alpha value is -2.37. The Morgan fingerprint density at radius 3 is 2.27 bits per heavy atom. The molecule has 0 spiro atoms. The highest BCUT2D eigenvalue weighted by molar-refractivity contribution is 5.99. The van der Waals surface area contributed by atoms with E-state index in [-0.39, 0.29) is 11.3 Å². The molecule has 1 unspecified atom stereocenters. The SMILES string of the molecule is CCC1(C(=O)Nc2ccc(C(=O)NC(C)C(=O)O)cc2)CC1. The molecule has 3 N–H and O–H groups in total. The van der Waals surface area contributed by atoms with Gasteiger partial charge in [0.2, 0.25) is 5.91 Å². The molecule has 1 atom stereocenters. The molecule has 1 saturated carbocycles. The van der Waals surface area contributed by atoms with Crippen LogP contribution in [0, 0.1) is 5.41 Å². The number of nitrogens with one attached hydrogen (secondary N) is 2. The predicted molar refractivity (Wildman–Crippen MR) is 81.6 cm³/mol. The highest BCUT2D eigenvalue weighted by atomic mass is 16.4. The van der Waals surface area contributed by atoms with Gasteiger partial charge < -0.3 is 15.7 Å². The maximum atomic E-state index is 12.1. The molecule has 6 nitrogen and oxygen atoms in total. The van der Waals surface area contributed by atoms with Crippen LogP contribution in [0.5, 0.6) is 0 Å². The van der Waals surface area contributed by atoms with Crippen LogP contribution in [-0.4, -0.2) is 28.9 Å². The van der Waals surface area contributed by atoms with Crippen molar-refractivity contribution in [3.63, 3.8) is 0 Å². The maximum absolute atomic E-state index is 12.1. The topological polar surface area (TPSA) is 95.5 Å². The van der Waals surface area contributed by atoms with Crippen LogP contribution >= 0.6 is 0 Å². The zero-order valence-corrected chi connectivity index (χ0v) is 12.7. The van der Waals surface area contributed by atoms with Crippen LogP contribution in [0.4, 0.5) is 5.69 Å². The van der Waals surface area contributed by atoms with Crippen LogP contribution in [0.1, 0.15) is 43.5 Å². The van der Waals surface area contributed by atoms with E-state index in [2.05, 4.69) is 10.6 Å². The standard InChI is InChI=1S/C16H20N2O4/c1-3-16(8-9-16)15(22)18-12-6-4-11(5-7-12)13(19)17-10(2)14(20)21/h4-7,10H,3,8-9H2,1-2H3,(H,17,19)(H,18,22)(H,20,21). The second-order valence-corrected chi connectivity index (χ2v) is 5.70. The van der Waals surface area contributed by atoms with Crippen LogP contribution in [-0.2, 0) is 9.59 Å². The Morgan fingerprint density at radius 2 is 1.82 bits per heavy atom. The van der Waals surface area contributed by atoms with Crippen LogP contribution < -0.4 is 10.6 Å². The molecule has 2 rings (SSSR count). The van der Waals surface area contributed by atoms with Crippen molar-refractivity contribution in [2.45, 2.75) is 39.2 Å². The molecule has 0 saturated heterocycles. The zero-order valence-electron chi connectivity index (χ0n) is 12.7. The molecule has 0 bridgehead atoms. The van der Waals surface area contributed by atoms with E-state index in [4.69, 9.17) is 5.11 Å². The van der Waals surface area contributed by atoms with Gasteiger partial charge in [-0.3, -0.25) is 14.4 Å². The third-order valence-electron chi connectivity index (χ3n) is 4.13. The molecule has 1 aliphatic carbocycles. The highest BCUT2D eigenvalue weighted by Gasteiger charge is 2.47. The summed E-state index contributed by atoms with van der Waals surface area (Å²) in [6.45, 7) is 3.40. The number of anilines is 1. The van der Waals surface area contributed by atoms with E-state index in [0.717, 1.165) is 19.3 Å². The smallest absolute Gasteiger partial charge is 0.325 e. The summed E-state index contributed by atoms with van der Waals surface area (Å²) in [5.41, 5.74) is 0.766. The Bertz CT molecular complexity index is 591. The summed E-state index contributed by atoms with van der Waals surface area (Å²) in [7, 11) is 0. The minimum Gasteiger partial charge on any atom is -0.480 e. The Morgan fingerprint density at radius 1 is 1.23 bits per heavy atom. The van der Waals surface area contributed by atoms with Gasteiger partial charge in [0.15, 0.2) is 0 Å². The number of carbonyl (C=O) groups excluding carboxylic acids is 2. The zero-order chi connectivity index (χ0) is 16.3. The summed E-state index contributed by atoms with van der Waals surface area (Å²) in [5.74, 6) is -1.53. The van der Waals surface area contributed by atoms with E-state index < -0.39 is 17.9 Å².